The molecule has 0 aromatic heterocycles. The normalized spacial score (nSPS) is 16.9. The van der Waals surface area contributed by atoms with Crippen molar-refractivity contribution in [1.29, 1.82) is 0 Å². The Morgan fingerprint density at radius 2 is 1.81 bits per heavy atom. The second-order valence-electron chi connectivity index (χ2n) is 7.41. The number of carbonyl (C=O) groups is 2. The lowest BCUT2D eigenvalue weighted by molar-refractivity contribution is -0.123. The van der Waals surface area contributed by atoms with E-state index in [2.05, 4.69) is 10.6 Å². The van der Waals surface area contributed by atoms with Crippen LogP contribution in [-0.2, 0) is 19.6 Å². The third-order valence-corrected chi connectivity index (χ3v) is 6.95. The van der Waals surface area contributed by atoms with E-state index in [-0.39, 0.29) is 29.9 Å². The molecule has 1 saturated heterocycles. The molecule has 32 heavy (non-hydrogen) atoms. The number of hydrogen-bond acceptors (Lipinski definition) is 5. The Labute approximate surface area is 186 Å². The SMILES string of the molecule is CCNC(=O)COc1ccc(NC(=O)C2CCCN(S(=O)(=O)c3ccc(F)cc3)C2)cc1. The van der Waals surface area contributed by atoms with Crippen LogP contribution in [0.1, 0.15) is 19.8 Å². The summed E-state index contributed by atoms with van der Waals surface area (Å²) in [5.74, 6) is -1.03. The second kappa shape index (κ2) is 10.6. The molecule has 2 N–H and O–H groups in total. The number of ether oxygens (including phenoxy) is 1. The molecule has 2 amide bonds. The molecule has 2 aromatic rings. The van der Waals surface area contributed by atoms with Gasteiger partial charge in [-0.3, -0.25) is 9.59 Å². The average molecular weight is 464 g/mol. The zero-order chi connectivity index (χ0) is 23.1. The van der Waals surface area contributed by atoms with Gasteiger partial charge in [0.2, 0.25) is 15.9 Å². The summed E-state index contributed by atoms with van der Waals surface area (Å²) in [5, 5.41) is 5.43. The van der Waals surface area contributed by atoms with Gasteiger partial charge in [0, 0.05) is 25.3 Å². The van der Waals surface area contributed by atoms with Gasteiger partial charge in [0.05, 0.1) is 10.8 Å². The van der Waals surface area contributed by atoms with Crippen molar-refractivity contribution in [2.24, 2.45) is 5.92 Å². The zero-order valence-corrected chi connectivity index (χ0v) is 18.5. The van der Waals surface area contributed by atoms with E-state index in [0.717, 1.165) is 12.1 Å². The molecule has 1 heterocycles. The molecule has 1 unspecified atom stereocenters. The third-order valence-electron chi connectivity index (χ3n) is 5.07. The monoisotopic (exact) mass is 463 g/mol. The van der Waals surface area contributed by atoms with Gasteiger partial charge < -0.3 is 15.4 Å². The number of nitrogens with one attached hydrogen (secondary N) is 2. The number of rotatable bonds is 8. The molecule has 1 atom stereocenters. The van der Waals surface area contributed by atoms with Gasteiger partial charge in [-0.25, -0.2) is 12.8 Å². The highest BCUT2D eigenvalue weighted by molar-refractivity contribution is 7.89. The van der Waals surface area contributed by atoms with Crippen LogP contribution in [0.15, 0.2) is 53.4 Å². The average Bonchev–Trinajstić information content (AvgIpc) is 2.79. The summed E-state index contributed by atoms with van der Waals surface area (Å²) in [4.78, 5) is 24.2. The maximum Gasteiger partial charge on any atom is 0.257 e. The Morgan fingerprint density at radius 3 is 2.47 bits per heavy atom. The van der Waals surface area contributed by atoms with Crippen molar-refractivity contribution in [2.45, 2.75) is 24.7 Å². The van der Waals surface area contributed by atoms with Crippen LogP contribution in [0.2, 0.25) is 0 Å². The molecule has 1 fully saturated rings. The molecule has 2 aromatic carbocycles. The van der Waals surface area contributed by atoms with E-state index in [9.17, 15) is 22.4 Å². The lowest BCUT2D eigenvalue weighted by atomic mass is 9.99. The maximum absolute atomic E-state index is 13.1. The number of piperidine rings is 1. The Hall–Kier alpha value is -2.98. The number of benzene rings is 2. The van der Waals surface area contributed by atoms with E-state index >= 15 is 0 Å². The standard InChI is InChI=1S/C22H26FN3O5S/c1-2-24-21(27)15-31-19-9-7-18(8-10-19)25-22(28)16-4-3-13-26(14-16)32(29,30)20-11-5-17(23)6-12-20/h5-12,16H,2-4,13-15H2,1H3,(H,24,27)(H,25,28). The Kier molecular flexibility index (Phi) is 7.81. The minimum atomic E-state index is -3.80. The number of hydrogen-bond donors (Lipinski definition) is 2. The van der Waals surface area contributed by atoms with Crippen molar-refractivity contribution in [3.8, 4) is 5.75 Å². The van der Waals surface area contributed by atoms with Crippen LogP contribution in [0, 0.1) is 11.7 Å². The minimum Gasteiger partial charge on any atom is -0.484 e. The van der Waals surface area contributed by atoms with Gasteiger partial charge in [-0.05, 0) is 68.3 Å². The van der Waals surface area contributed by atoms with Crippen molar-refractivity contribution >= 4 is 27.5 Å². The van der Waals surface area contributed by atoms with Crippen LogP contribution >= 0.6 is 0 Å². The number of nitrogens with zero attached hydrogens (tertiary/aromatic N) is 1. The number of amides is 2. The molecule has 8 nitrogen and oxygen atoms in total. The van der Waals surface area contributed by atoms with Crippen molar-refractivity contribution in [3.63, 3.8) is 0 Å². The van der Waals surface area contributed by atoms with Crippen molar-refractivity contribution in [1.82, 2.24) is 9.62 Å². The first kappa shape index (κ1) is 23.7. The van der Waals surface area contributed by atoms with Crippen LogP contribution in [-0.4, -0.2) is 50.8 Å². The van der Waals surface area contributed by atoms with E-state index < -0.39 is 21.8 Å². The molecule has 0 saturated carbocycles. The number of halogens is 1. The Bertz CT molecular complexity index is 1040. The molecule has 0 bridgehead atoms. The van der Waals surface area contributed by atoms with Gasteiger partial charge in [-0.2, -0.15) is 4.31 Å². The molecule has 172 valence electrons. The van der Waals surface area contributed by atoms with Gasteiger partial charge in [0.1, 0.15) is 11.6 Å². The largest absolute Gasteiger partial charge is 0.484 e. The molecule has 10 heteroatoms. The second-order valence-corrected chi connectivity index (χ2v) is 9.35. The zero-order valence-electron chi connectivity index (χ0n) is 17.7. The van der Waals surface area contributed by atoms with Gasteiger partial charge in [0.15, 0.2) is 6.61 Å². The molecule has 1 aliphatic heterocycles. The summed E-state index contributed by atoms with van der Waals surface area (Å²) >= 11 is 0. The minimum absolute atomic E-state index is 0.00293. The topological polar surface area (TPSA) is 105 Å². The molecule has 0 radical (unpaired) electrons. The van der Waals surface area contributed by atoms with Crippen molar-refractivity contribution in [2.75, 3.05) is 31.6 Å². The first-order chi connectivity index (χ1) is 15.3. The molecule has 3 rings (SSSR count). The maximum atomic E-state index is 13.1. The van der Waals surface area contributed by atoms with Gasteiger partial charge in [-0.1, -0.05) is 0 Å². The fraction of sp³-hybridized carbons (Fsp3) is 0.364. The predicted molar refractivity (Wildman–Crippen MR) is 117 cm³/mol. The van der Waals surface area contributed by atoms with Crippen LogP contribution in [0.3, 0.4) is 0 Å². The van der Waals surface area contributed by atoms with E-state index in [1.165, 1.54) is 16.4 Å². The highest BCUT2D eigenvalue weighted by atomic mass is 32.2. The molecule has 1 aliphatic rings. The highest BCUT2D eigenvalue weighted by Gasteiger charge is 2.33. The van der Waals surface area contributed by atoms with E-state index in [1.54, 1.807) is 24.3 Å². The van der Waals surface area contributed by atoms with Crippen LogP contribution < -0.4 is 15.4 Å². The number of anilines is 1. The predicted octanol–water partition coefficient (Wildman–Crippen LogP) is 2.38. The van der Waals surface area contributed by atoms with Gasteiger partial charge >= 0.3 is 0 Å². The van der Waals surface area contributed by atoms with Gasteiger partial charge in [-0.15, -0.1) is 0 Å². The van der Waals surface area contributed by atoms with Crippen LogP contribution in [0.5, 0.6) is 5.75 Å². The Morgan fingerprint density at radius 1 is 1.12 bits per heavy atom. The fourth-order valence-corrected chi connectivity index (χ4v) is 4.93. The molecular formula is C22H26FN3O5S. The third kappa shape index (κ3) is 6.04. The highest BCUT2D eigenvalue weighted by Crippen LogP contribution is 2.25. The lowest BCUT2D eigenvalue weighted by Gasteiger charge is -2.31. The number of sulfonamides is 1. The van der Waals surface area contributed by atoms with E-state index in [1.807, 2.05) is 6.92 Å². The van der Waals surface area contributed by atoms with Crippen LogP contribution in [0.25, 0.3) is 0 Å². The number of likely N-dealkylation sites (N-methyl/N-ethyl adjacent to an activating group) is 1. The van der Waals surface area contributed by atoms with Crippen LogP contribution in [0.4, 0.5) is 10.1 Å². The molecule has 0 spiro atoms. The quantitative estimate of drug-likeness (QED) is 0.626. The summed E-state index contributed by atoms with van der Waals surface area (Å²) in [6.07, 6.45) is 1.11. The summed E-state index contributed by atoms with van der Waals surface area (Å²) < 4.78 is 45.5. The van der Waals surface area contributed by atoms with Crippen molar-refractivity contribution < 1.29 is 27.1 Å². The summed E-state index contributed by atoms with van der Waals surface area (Å²) in [7, 11) is -3.80. The molecule has 0 aliphatic carbocycles. The first-order valence-electron chi connectivity index (χ1n) is 10.4. The van der Waals surface area contributed by atoms with Gasteiger partial charge in [0.25, 0.3) is 5.91 Å². The number of carbonyl (C=O) groups excluding carboxylic acids is 2. The smallest absolute Gasteiger partial charge is 0.257 e. The van der Waals surface area contributed by atoms with Crippen molar-refractivity contribution in [3.05, 3.63) is 54.3 Å². The fourth-order valence-electron chi connectivity index (χ4n) is 3.41. The summed E-state index contributed by atoms with van der Waals surface area (Å²) in [6, 6.07) is 11.2. The van der Waals surface area contributed by atoms with E-state index in [4.69, 9.17) is 4.74 Å². The summed E-state index contributed by atoms with van der Waals surface area (Å²) in [5.41, 5.74) is 0.541. The first-order valence-corrected chi connectivity index (χ1v) is 11.8. The summed E-state index contributed by atoms with van der Waals surface area (Å²) in [6.45, 7) is 2.61. The van der Waals surface area contributed by atoms with E-state index in [0.29, 0.717) is 37.4 Å². The Balaban J connectivity index is 1.58. The molecular weight excluding hydrogens is 437 g/mol. The lowest BCUT2D eigenvalue weighted by Crippen LogP contribution is -2.43.